The van der Waals surface area contributed by atoms with Gasteiger partial charge in [-0.15, -0.1) is 0 Å². The predicted octanol–water partition coefficient (Wildman–Crippen LogP) is 2.90. The Hall–Kier alpha value is -3.13. The van der Waals surface area contributed by atoms with E-state index < -0.39 is 0 Å². The third kappa shape index (κ3) is 5.73. The average Bonchev–Trinajstić information content (AvgIpc) is 3.34. The average molecular weight is 424 g/mol. The van der Waals surface area contributed by atoms with Gasteiger partial charge < -0.3 is 19.9 Å². The van der Waals surface area contributed by atoms with Crippen LogP contribution in [0, 0.1) is 16.0 Å². The van der Waals surface area contributed by atoms with Gasteiger partial charge in [0.1, 0.15) is 0 Å². The quantitative estimate of drug-likeness (QED) is 0.333. The molecule has 2 aliphatic heterocycles. The highest BCUT2D eigenvalue weighted by Crippen LogP contribution is 2.17. The van der Waals surface area contributed by atoms with Gasteiger partial charge in [-0.1, -0.05) is 30.3 Å². The van der Waals surface area contributed by atoms with Crippen LogP contribution in [0.4, 0.5) is 11.4 Å². The summed E-state index contributed by atoms with van der Waals surface area (Å²) >= 11 is 0. The van der Waals surface area contributed by atoms with Crippen LogP contribution in [0.1, 0.15) is 12.0 Å². The van der Waals surface area contributed by atoms with E-state index in [0.29, 0.717) is 12.5 Å². The molecule has 2 aromatic rings. The molecular weight excluding hydrogens is 394 g/mol. The van der Waals surface area contributed by atoms with E-state index in [1.165, 1.54) is 17.8 Å². The van der Waals surface area contributed by atoms with Crippen LogP contribution in [-0.4, -0.2) is 61.7 Å². The summed E-state index contributed by atoms with van der Waals surface area (Å²) in [7, 11) is 0. The van der Waals surface area contributed by atoms with Crippen LogP contribution in [0.2, 0.25) is 0 Å². The van der Waals surface area contributed by atoms with Gasteiger partial charge in [0.05, 0.1) is 18.1 Å². The Labute approximate surface area is 182 Å². The number of non-ortho nitro benzene ring substituents is 1. The summed E-state index contributed by atoms with van der Waals surface area (Å²) in [4.78, 5) is 20.1. The number of hydrogen-bond donors (Lipinski definition) is 1. The Kier molecular flexibility index (Phi) is 6.99. The molecule has 2 fully saturated rings. The van der Waals surface area contributed by atoms with Crippen molar-refractivity contribution < 1.29 is 9.66 Å². The molecule has 8 nitrogen and oxygen atoms in total. The summed E-state index contributed by atoms with van der Waals surface area (Å²) in [6.45, 7) is 6.62. The number of anilines is 1. The van der Waals surface area contributed by atoms with Crippen molar-refractivity contribution in [2.75, 3.05) is 50.8 Å². The van der Waals surface area contributed by atoms with E-state index in [1.807, 2.05) is 6.07 Å². The number of nitrogens with zero attached hydrogens (tertiary/aromatic N) is 4. The Morgan fingerprint density at radius 1 is 1.10 bits per heavy atom. The van der Waals surface area contributed by atoms with Crippen LogP contribution in [0.5, 0.6) is 0 Å². The summed E-state index contributed by atoms with van der Waals surface area (Å²) in [5.41, 5.74) is 2.31. The molecule has 0 aromatic heterocycles. The first-order chi connectivity index (χ1) is 15.2. The van der Waals surface area contributed by atoms with Gasteiger partial charge in [0.25, 0.3) is 5.69 Å². The van der Waals surface area contributed by atoms with Crippen molar-refractivity contribution in [3.05, 3.63) is 70.3 Å². The zero-order chi connectivity index (χ0) is 21.5. The number of guanidine groups is 1. The predicted molar refractivity (Wildman–Crippen MR) is 121 cm³/mol. The number of aliphatic imine (C=N–C) groups is 1. The van der Waals surface area contributed by atoms with Crippen molar-refractivity contribution in [2.24, 2.45) is 10.9 Å². The van der Waals surface area contributed by atoms with E-state index in [-0.39, 0.29) is 10.6 Å². The van der Waals surface area contributed by atoms with E-state index in [9.17, 15) is 10.1 Å². The van der Waals surface area contributed by atoms with Crippen LogP contribution in [-0.2, 0) is 11.3 Å². The van der Waals surface area contributed by atoms with Gasteiger partial charge in [0.2, 0.25) is 0 Å². The Bertz CT molecular complexity index is 874. The smallest absolute Gasteiger partial charge is 0.269 e. The molecule has 1 N–H and O–H groups in total. The van der Waals surface area contributed by atoms with E-state index in [4.69, 9.17) is 9.73 Å². The van der Waals surface area contributed by atoms with E-state index in [2.05, 4.69) is 39.4 Å². The van der Waals surface area contributed by atoms with Crippen LogP contribution >= 0.6 is 0 Å². The zero-order valence-corrected chi connectivity index (χ0v) is 17.7. The molecule has 2 heterocycles. The molecule has 0 amide bonds. The molecule has 1 atom stereocenters. The van der Waals surface area contributed by atoms with Gasteiger partial charge in [-0.25, -0.2) is 4.99 Å². The van der Waals surface area contributed by atoms with Gasteiger partial charge in [0.15, 0.2) is 5.96 Å². The fourth-order valence-electron chi connectivity index (χ4n) is 3.95. The molecule has 1 unspecified atom stereocenters. The second-order valence-corrected chi connectivity index (χ2v) is 7.98. The lowest BCUT2D eigenvalue weighted by molar-refractivity contribution is -0.384. The molecule has 2 aromatic carbocycles. The largest absolute Gasteiger partial charge is 0.381 e. The monoisotopic (exact) mass is 423 g/mol. The molecular formula is C23H29N5O3. The topological polar surface area (TPSA) is 83.2 Å². The lowest BCUT2D eigenvalue weighted by Gasteiger charge is -2.38. The third-order valence-corrected chi connectivity index (χ3v) is 5.83. The summed E-state index contributed by atoms with van der Waals surface area (Å²) in [5, 5.41) is 14.4. The molecule has 0 saturated carbocycles. The molecule has 0 radical (unpaired) electrons. The molecule has 164 valence electrons. The zero-order valence-electron chi connectivity index (χ0n) is 17.7. The number of para-hydroxylation sites is 1. The van der Waals surface area contributed by atoms with Gasteiger partial charge in [-0.3, -0.25) is 10.1 Å². The van der Waals surface area contributed by atoms with Crippen molar-refractivity contribution in [1.29, 1.82) is 0 Å². The van der Waals surface area contributed by atoms with Crippen LogP contribution in [0.15, 0.2) is 59.6 Å². The van der Waals surface area contributed by atoms with Gasteiger partial charge in [-0.05, 0) is 24.1 Å². The highest BCUT2D eigenvalue weighted by Gasteiger charge is 2.22. The number of nitro groups is 1. The number of piperazine rings is 1. The van der Waals surface area contributed by atoms with Crippen LogP contribution < -0.4 is 10.2 Å². The summed E-state index contributed by atoms with van der Waals surface area (Å²) in [6.07, 6.45) is 1.07. The van der Waals surface area contributed by atoms with Crippen LogP contribution in [0.25, 0.3) is 0 Å². The third-order valence-electron chi connectivity index (χ3n) is 5.83. The summed E-state index contributed by atoms with van der Waals surface area (Å²) < 4.78 is 5.50. The molecule has 0 spiro atoms. The lowest BCUT2D eigenvalue weighted by atomic mass is 10.1. The minimum Gasteiger partial charge on any atom is -0.381 e. The van der Waals surface area contributed by atoms with Crippen molar-refractivity contribution >= 4 is 17.3 Å². The second-order valence-electron chi connectivity index (χ2n) is 7.98. The van der Waals surface area contributed by atoms with Crippen molar-refractivity contribution in [1.82, 2.24) is 10.2 Å². The standard InChI is InChI=1S/C23H29N5O3/c29-28(30)22-8-6-19(7-9-22)16-24-23(25-17-20-10-15-31-18-20)27-13-11-26(12-14-27)21-4-2-1-3-5-21/h1-9,20H,10-18H2,(H,24,25). The molecule has 4 rings (SSSR count). The van der Waals surface area contributed by atoms with Gasteiger partial charge in [-0.2, -0.15) is 0 Å². The number of ether oxygens (including phenoxy) is 1. The number of hydrogen-bond acceptors (Lipinski definition) is 5. The van der Waals surface area contributed by atoms with E-state index in [0.717, 1.165) is 63.9 Å². The minimum absolute atomic E-state index is 0.101. The maximum Gasteiger partial charge on any atom is 0.269 e. The maximum absolute atomic E-state index is 10.9. The fourth-order valence-corrected chi connectivity index (χ4v) is 3.95. The molecule has 31 heavy (non-hydrogen) atoms. The number of rotatable bonds is 6. The second kappa shape index (κ2) is 10.3. The summed E-state index contributed by atoms with van der Waals surface area (Å²) in [5.74, 6) is 1.41. The first-order valence-electron chi connectivity index (χ1n) is 10.8. The molecule has 0 bridgehead atoms. The SMILES string of the molecule is O=[N+]([O-])c1ccc(CN=C(NCC2CCOC2)N2CCN(c3ccccc3)CC2)cc1. The Morgan fingerprint density at radius 3 is 2.48 bits per heavy atom. The fraction of sp³-hybridized carbons (Fsp3) is 0.435. The highest BCUT2D eigenvalue weighted by atomic mass is 16.6. The Balaban J connectivity index is 1.41. The summed E-state index contributed by atoms with van der Waals surface area (Å²) in [6, 6.07) is 17.1. The van der Waals surface area contributed by atoms with E-state index in [1.54, 1.807) is 12.1 Å². The van der Waals surface area contributed by atoms with Crippen molar-refractivity contribution in [2.45, 2.75) is 13.0 Å². The van der Waals surface area contributed by atoms with Gasteiger partial charge in [0, 0.05) is 63.1 Å². The van der Waals surface area contributed by atoms with Crippen molar-refractivity contribution in [3.8, 4) is 0 Å². The number of nitro benzene ring substituents is 1. The normalized spacial score (nSPS) is 19.5. The highest BCUT2D eigenvalue weighted by molar-refractivity contribution is 5.80. The number of nitrogens with one attached hydrogen (secondary N) is 1. The van der Waals surface area contributed by atoms with Crippen molar-refractivity contribution in [3.63, 3.8) is 0 Å². The first kappa shape index (κ1) is 21.1. The molecule has 8 heteroatoms. The number of benzene rings is 2. The van der Waals surface area contributed by atoms with Gasteiger partial charge >= 0.3 is 0 Å². The van der Waals surface area contributed by atoms with Crippen LogP contribution in [0.3, 0.4) is 0 Å². The lowest BCUT2D eigenvalue weighted by Crippen LogP contribution is -2.53. The molecule has 2 saturated heterocycles. The Morgan fingerprint density at radius 2 is 1.84 bits per heavy atom. The minimum atomic E-state index is -0.379. The first-order valence-corrected chi connectivity index (χ1v) is 10.8. The van der Waals surface area contributed by atoms with E-state index >= 15 is 0 Å². The maximum atomic E-state index is 10.9. The molecule has 0 aliphatic carbocycles. The molecule has 2 aliphatic rings.